The molecule has 0 bridgehead atoms. The van der Waals surface area contributed by atoms with Crippen LogP contribution in [0.4, 0.5) is 0 Å². The molecule has 0 heterocycles. The molecule has 0 spiro atoms. The fraction of sp³-hybridized carbons (Fsp3) is 1.00. The average Bonchev–Trinajstić information content (AvgIpc) is 3.19. The zero-order valence-electron chi connectivity index (χ0n) is 12.3. The minimum absolute atomic E-state index is 0.924. The van der Waals surface area contributed by atoms with E-state index in [1.165, 1.54) is 44.9 Å². The predicted molar refractivity (Wildman–Crippen MR) is 80.5 cm³/mol. The van der Waals surface area contributed by atoms with Crippen molar-refractivity contribution in [2.75, 3.05) is 32.7 Å². The molecule has 0 aromatic carbocycles. The molecule has 1 atom stereocenters. The van der Waals surface area contributed by atoms with Crippen LogP contribution in [-0.2, 0) is 4.74 Å². The van der Waals surface area contributed by atoms with Gasteiger partial charge in [-0.25, -0.2) is 0 Å². The lowest BCUT2D eigenvalue weighted by atomic mass is 10.3. The van der Waals surface area contributed by atoms with Crippen molar-refractivity contribution in [1.82, 2.24) is 4.90 Å². The summed E-state index contributed by atoms with van der Waals surface area (Å²) >= 11 is 0. The lowest BCUT2D eigenvalue weighted by Crippen LogP contribution is -2.27. The maximum absolute atomic E-state index is 5.58. The lowest BCUT2D eigenvalue weighted by Gasteiger charge is -2.20. The van der Waals surface area contributed by atoms with Crippen LogP contribution in [0.15, 0.2) is 0 Å². The van der Waals surface area contributed by atoms with Gasteiger partial charge in [0.25, 0.3) is 0 Å². The predicted octanol–water partition coefficient (Wildman–Crippen LogP) is 3.95. The van der Waals surface area contributed by atoms with Gasteiger partial charge >= 0.3 is 0 Å². The minimum atomic E-state index is 0.924. The van der Waals surface area contributed by atoms with Crippen molar-refractivity contribution in [1.29, 1.82) is 0 Å². The second-order valence-electron chi connectivity index (χ2n) is 4.37. The van der Waals surface area contributed by atoms with Crippen molar-refractivity contribution in [3.8, 4) is 0 Å². The van der Waals surface area contributed by atoms with Gasteiger partial charge in [0, 0.05) is 32.1 Å². The van der Waals surface area contributed by atoms with Crippen molar-refractivity contribution >= 4 is 8.58 Å². The summed E-state index contributed by atoms with van der Waals surface area (Å²) in [7, 11) is 1.07. The summed E-state index contributed by atoms with van der Waals surface area (Å²) in [6.45, 7) is 11.7. The number of unbranched alkanes of at least 4 members (excludes halogenated alkanes) is 1. The molecular weight excluding hydrogens is 229 g/mol. The third-order valence-electron chi connectivity index (χ3n) is 2.80. The first-order valence-electron chi connectivity index (χ1n) is 7.35. The Bertz CT molecular complexity index is 151. The molecule has 17 heavy (non-hydrogen) atoms. The number of hydrogen-bond acceptors (Lipinski definition) is 2. The fourth-order valence-corrected chi connectivity index (χ4v) is 2.57. The highest BCUT2D eigenvalue weighted by Gasteiger charge is 2.27. The molecule has 0 aromatic rings. The van der Waals surface area contributed by atoms with Crippen LogP contribution in [0, 0.1) is 0 Å². The Balaban J connectivity index is 0.00000121. The molecule has 1 saturated carbocycles. The molecule has 0 saturated heterocycles. The summed E-state index contributed by atoms with van der Waals surface area (Å²) in [6, 6.07) is 0.924. The molecule has 104 valence electrons. The summed E-state index contributed by atoms with van der Waals surface area (Å²) in [6.07, 6.45) is 7.83. The van der Waals surface area contributed by atoms with Gasteiger partial charge in [0.05, 0.1) is 0 Å². The standard InChI is InChI=1S/C12H26NOP.C2H6/c1-3-4-9-14-10-5-8-13(11-15-2)12-6-7-12;1-2/h12,15H,3-11H2,1-2H3;1-2H3. The Hall–Kier alpha value is 0.350. The molecular formula is C14H32NOP. The van der Waals surface area contributed by atoms with Crippen LogP contribution in [-0.4, -0.2) is 43.7 Å². The van der Waals surface area contributed by atoms with Crippen LogP contribution in [0.5, 0.6) is 0 Å². The van der Waals surface area contributed by atoms with E-state index in [1.807, 2.05) is 13.8 Å². The molecule has 1 aliphatic rings. The maximum Gasteiger partial charge on any atom is 0.0478 e. The van der Waals surface area contributed by atoms with E-state index in [1.54, 1.807) is 0 Å². The van der Waals surface area contributed by atoms with Gasteiger partial charge in [-0.05, 0) is 32.3 Å². The lowest BCUT2D eigenvalue weighted by molar-refractivity contribution is 0.119. The monoisotopic (exact) mass is 261 g/mol. The van der Waals surface area contributed by atoms with Crippen LogP contribution in [0.25, 0.3) is 0 Å². The summed E-state index contributed by atoms with van der Waals surface area (Å²) in [5.74, 6) is 0. The Labute approximate surface area is 110 Å². The SMILES string of the molecule is CC.CCCCOCCCN(CPC)C1CC1. The van der Waals surface area contributed by atoms with Crippen molar-refractivity contribution in [3.63, 3.8) is 0 Å². The quantitative estimate of drug-likeness (QED) is 0.436. The Kier molecular flexibility index (Phi) is 13.1. The maximum atomic E-state index is 5.58. The van der Waals surface area contributed by atoms with E-state index in [2.05, 4.69) is 18.5 Å². The highest BCUT2D eigenvalue weighted by atomic mass is 31.1. The molecule has 0 radical (unpaired) electrons. The van der Waals surface area contributed by atoms with Gasteiger partial charge in [-0.15, -0.1) is 8.58 Å². The molecule has 0 aliphatic heterocycles. The molecule has 1 fully saturated rings. The summed E-state index contributed by atoms with van der Waals surface area (Å²) in [5, 5.41) is 0. The topological polar surface area (TPSA) is 12.5 Å². The third kappa shape index (κ3) is 10.00. The normalized spacial score (nSPS) is 15.4. The van der Waals surface area contributed by atoms with Crippen LogP contribution in [0.2, 0.25) is 0 Å². The Morgan fingerprint density at radius 2 is 1.82 bits per heavy atom. The van der Waals surface area contributed by atoms with E-state index in [0.717, 1.165) is 27.8 Å². The molecule has 1 unspecified atom stereocenters. The Morgan fingerprint density at radius 1 is 1.18 bits per heavy atom. The van der Waals surface area contributed by atoms with Gasteiger partial charge in [0.2, 0.25) is 0 Å². The summed E-state index contributed by atoms with van der Waals surface area (Å²) in [5.41, 5.74) is 0. The van der Waals surface area contributed by atoms with Gasteiger partial charge in [0.15, 0.2) is 0 Å². The van der Waals surface area contributed by atoms with Gasteiger partial charge in [-0.1, -0.05) is 27.2 Å². The largest absolute Gasteiger partial charge is 0.381 e. The van der Waals surface area contributed by atoms with Gasteiger partial charge in [-0.2, -0.15) is 0 Å². The molecule has 0 aromatic heterocycles. The summed E-state index contributed by atoms with van der Waals surface area (Å²) < 4.78 is 5.58. The van der Waals surface area contributed by atoms with E-state index in [4.69, 9.17) is 4.74 Å². The van der Waals surface area contributed by atoms with E-state index >= 15 is 0 Å². The van der Waals surface area contributed by atoms with Gasteiger partial charge in [0.1, 0.15) is 0 Å². The van der Waals surface area contributed by atoms with Gasteiger partial charge < -0.3 is 4.74 Å². The molecule has 0 amide bonds. The first-order valence-corrected chi connectivity index (χ1v) is 9.05. The number of hydrogen-bond donors (Lipinski definition) is 0. The van der Waals surface area contributed by atoms with Crippen LogP contribution < -0.4 is 0 Å². The van der Waals surface area contributed by atoms with Gasteiger partial charge in [-0.3, -0.25) is 4.90 Å². The first kappa shape index (κ1) is 17.4. The van der Waals surface area contributed by atoms with Crippen molar-refractivity contribution in [2.24, 2.45) is 0 Å². The second kappa shape index (κ2) is 12.8. The van der Waals surface area contributed by atoms with Crippen molar-refractivity contribution in [3.05, 3.63) is 0 Å². The highest BCUT2D eigenvalue weighted by Crippen LogP contribution is 2.28. The van der Waals surface area contributed by atoms with Crippen LogP contribution >= 0.6 is 8.58 Å². The first-order chi connectivity index (χ1) is 8.38. The molecule has 1 rings (SSSR count). The Morgan fingerprint density at radius 3 is 2.35 bits per heavy atom. The van der Waals surface area contributed by atoms with Crippen LogP contribution in [0.1, 0.15) is 52.9 Å². The molecule has 0 N–H and O–H groups in total. The smallest absolute Gasteiger partial charge is 0.0478 e. The number of rotatable bonds is 10. The zero-order valence-corrected chi connectivity index (χ0v) is 13.3. The molecule has 3 heteroatoms. The molecule has 1 aliphatic carbocycles. The van der Waals surface area contributed by atoms with E-state index < -0.39 is 0 Å². The number of ether oxygens (including phenoxy) is 1. The van der Waals surface area contributed by atoms with Crippen LogP contribution in [0.3, 0.4) is 0 Å². The minimum Gasteiger partial charge on any atom is -0.381 e. The average molecular weight is 261 g/mol. The van der Waals surface area contributed by atoms with E-state index in [9.17, 15) is 0 Å². The molecule has 2 nitrogen and oxygen atoms in total. The van der Waals surface area contributed by atoms with E-state index in [0.29, 0.717) is 0 Å². The summed E-state index contributed by atoms with van der Waals surface area (Å²) in [4.78, 5) is 2.65. The van der Waals surface area contributed by atoms with Crippen molar-refractivity contribution < 1.29 is 4.74 Å². The zero-order chi connectivity index (χ0) is 12.9. The van der Waals surface area contributed by atoms with E-state index in [-0.39, 0.29) is 0 Å². The highest BCUT2D eigenvalue weighted by molar-refractivity contribution is 7.36. The second-order valence-corrected chi connectivity index (χ2v) is 5.40. The number of nitrogens with zero attached hydrogens (tertiary/aromatic N) is 1. The fourth-order valence-electron chi connectivity index (χ4n) is 1.75. The third-order valence-corrected chi connectivity index (χ3v) is 3.52. The van der Waals surface area contributed by atoms with Crippen molar-refractivity contribution in [2.45, 2.75) is 58.9 Å².